The number of ketones is 1. The maximum absolute atomic E-state index is 11.9. The highest BCUT2D eigenvalue weighted by Gasteiger charge is 2.43. The number of carbonyl (C=O) groups is 1. The zero-order valence-electron chi connectivity index (χ0n) is 8.31. The highest BCUT2D eigenvalue weighted by Crippen LogP contribution is 2.27. The highest BCUT2D eigenvalue weighted by molar-refractivity contribution is 5.97. The van der Waals surface area contributed by atoms with E-state index in [1.54, 1.807) is 0 Å². The van der Waals surface area contributed by atoms with Crippen molar-refractivity contribution in [1.82, 2.24) is 0 Å². The van der Waals surface area contributed by atoms with Gasteiger partial charge in [0.25, 0.3) is 0 Å². The summed E-state index contributed by atoms with van der Waals surface area (Å²) in [5.74, 6) is 0.371. The average molecular weight is 180 g/mol. The zero-order valence-corrected chi connectivity index (χ0v) is 8.31. The molecule has 0 aromatic rings. The van der Waals surface area contributed by atoms with Crippen LogP contribution in [0.4, 0.5) is 0 Å². The first-order valence-electron chi connectivity index (χ1n) is 5.29. The molecule has 2 rings (SSSR count). The van der Waals surface area contributed by atoms with Crippen molar-refractivity contribution in [3.8, 4) is 0 Å². The van der Waals surface area contributed by atoms with Gasteiger partial charge in [-0.1, -0.05) is 6.42 Å². The van der Waals surface area contributed by atoms with Crippen LogP contribution >= 0.6 is 0 Å². The Bertz CT molecular complexity index is 249. The Morgan fingerprint density at radius 1 is 1.31 bits per heavy atom. The van der Waals surface area contributed by atoms with Gasteiger partial charge in [-0.15, -0.1) is 0 Å². The van der Waals surface area contributed by atoms with Gasteiger partial charge in [-0.2, -0.15) is 0 Å². The molecule has 0 aromatic carbocycles. The van der Waals surface area contributed by atoms with E-state index in [0.717, 1.165) is 19.4 Å². The molecule has 1 spiro atoms. The first-order chi connectivity index (χ1) is 6.23. The van der Waals surface area contributed by atoms with Crippen LogP contribution in [0.25, 0.3) is 0 Å². The third kappa shape index (κ3) is 1.55. The van der Waals surface area contributed by atoms with Gasteiger partial charge in [0.1, 0.15) is 0 Å². The molecule has 0 radical (unpaired) electrons. The fourth-order valence-electron chi connectivity index (χ4n) is 2.52. The molecule has 0 bridgehead atoms. The van der Waals surface area contributed by atoms with Gasteiger partial charge >= 0.3 is 0 Å². The Morgan fingerprint density at radius 3 is 2.62 bits per heavy atom. The normalized spacial score (nSPS) is 27.5. The third-order valence-electron chi connectivity index (χ3n) is 3.43. The van der Waals surface area contributed by atoms with Crippen molar-refractivity contribution < 1.29 is 10.1 Å². The lowest BCUT2D eigenvalue weighted by Crippen LogP contribution is -3.00. The summed E-state index contributed by atoms with van der Waals surface area (Å²) < 4.78 is 0. The Labute approximate surface area is 79.4 Å². The van der Waals surface area contributed by atoms with Crippen LogP contribution in [-0.4, -0.2) is 17.9 Å². The van der Waals surface area contributed by atoms with Crippen molar-refractivity contribution in [1.29, 1.82) is 0 Å². The summed E-state index contributed by atoms with van der Waals surface area (Å²) in [6.07, 6.45) is 7.83. The lowest BCUT2D eigenvalue weighted by Gasteiger charge is -2.35. The molecule has 2 heteroatoms. The molecule has 0 atom stereocenters. The second kappa shape index (κ2) is 3.26. The van der Waals surface area contributed by atoms with Crippen molar-refractivity contribution in [3.63, 3.8) is 0 Å². The van der Waals surface area contributed by atoms with Crippen LogP contribution in [0.2, 0.25) is 0 Å². The smallest absolute Gasteiger partial charge is 0.215 e. The van der Waals surface area contributed by atoms with E-state index >= 15 is 0 Å². The molecule has 72 valence electrons. The van der Waals surface area contributed by atoms with Crippen LogP contribution in [0.3, 0.4) is 0 Å². The number of hydrogen-bond donors (Lipinski definition) is 1. The van der Waals surface area contributed by atoms with Gasteiger partial charge in [0, 0.05) is 12.8 Å². The van der Waals surface area contributed by atoms with E-state index in [1.807, 2.05) is 13.0 Å². The minimum atomic E-state index is -0.0439. The molecule has 2 aliphatic rings. The van der Waals surface area contributed by atoms with E-state index in [0.29, 0.717) is 5.78 Å². The van der Waals surface area contributed by atoms with Gasteiger partial charge in [-0.25, -0.2) is 0 Å². The summed E-state index contributed by atoms with van der Waals surface area (Å²) in [6, 6.07) is 0. The molecule has 0 saturated heterocycles. The van der Waals surface area contributed by atoms with E-state index < -0.39 is 0 Å². The first-order valence-corrected chi connectivity index (χ1v) is 5.29. The monoisotopic (exact) mass is 180 g/mol. The van der Waals surface area contributed by atoms with E-state index in [1.165, 1.54) is 24.8 Å². The molecule has 1 heterocycles. The van der Waals surface area contributed by atoms with Gasteiger partial charge in [-0.05, 0) is 31.4 Å². The summed E-state index contributed by atoms with van der Waals surface area (Å²) in [5, 5.41) is 2.27. The van der Waals surface area contributed by atoms with Gasteiger partial charge in [0.2, 0.25) is 5.78 Å². The molecular weight excluding hydrogens is 162 g/mol. The minimum absolute atomic E-state index is 0.0439. The third-order valence-corrected chi connectivity index (χ3v) is 3.43. The summed E-state index contributed by atoms with van der Waals surface area (Å²) >= 11 is 0. The molecule has 0 amide bonds. The molecule has 13 heavy (non-hydrogen) atoms. The van der Waals surface area contributed by atoms with Crippen molar-refractivity contribution in [2.75, 3.05) is 6.54 Å². The number of rotatable bonds is 0. The predicted octanol–water partition coefficient (Wildman–Crippen LogP) is 0.782. The SMILES string of the molecule is CC1=CC(=O)C2(CCCCC2)[NH2+]C1. The molecule has 1 aliphatic heterocycles. The van der Waals surface area contributed by atoms with Crippen LogP contribution in [0.5, 0.6) is 0 Å². The molecule has 1 aliphatic carbocycles. The van der Waals surface area contributed by atoms with Crippen molar-refractivity contribution in [3.05, 3.63) is 11.6 Å². The van der Waals surface area contributed by atoms with Crippen LogP contribution in [-0.2, 0) is 4.79 Å². The average Bonchev–Trinajstić information content (AvgIpc) is 2.14. The fraction of sp³-hybridized carbons (Fsp3) is 0.727. The molecule has 2 nitrogen and oxygen atoms in total. The van der Waals surface area contributed by atoms with Crippen molar-refractivity contribution in [2.24, 2.45) is 0 Å². The maximum atomic E-state index is 11.9. The molecular formula is C11H18NO+. The molecule has 1 fully saturated rings. The summed E-state index contributed by atoms with van der Waals surface area (Å²) in [7, 11) is 0. The van der Waals surface area contributed by atoms with Crippen molar-refractivity contribution in [2.45, 2.75) is 44.6 Å². The molecule has 2 N–H and O–H groups in total. The Kier molecular flexibility index (Phi) is 2.24. The van der Waals surface area contributed by atoms with Gasteiger partial charge in [0.05, 0.1) is 6.54 Å². The van der Waals surface area contributed by atoms with Crippen molar-refractivity contribution >= 4 is 5.78 Å². The van der Waals surface area contributed by atoms with Gasteiger partial charge in [0.15, 0.2) is 5.54 Å². The number of quaternary nitrogens is 1. The van der Waals surface area contributed by atoms with Crippen LogP contribution in [0.1, 0.15) is 39.0 Å². The second-order valence-electron chi connectivity index (χ2n) is 4.48. The quantitative estimate of drug-likeness (QED) is 0.587. The summed E-state index contributed by atoms with van der Waals surface area (Å²) in [6.45, 7) is 3.07. The molecule has 0 unspecified atom stereocenters. The van der Waals surface area contributed by atoms with E-state index in [9.17, 15) is 4.79 Å². The maximum Gasteiger partial charge on any atom is 0.215 e. The zero-order chi connectivity index (χ0) is 9.31. The number of carbonyl (C=O) groups excluding carboxylic acids is 1. The highest BCUT2D eigenvalue weighted by atomic mass is 16.1. The minimum Gasteiger partial charge on any atom is -0.331 e. The topological polar surface area (TPSA) is 33.7 Å². The van der Waals surface area contributed by atoms with E-state index in [-0.39, 0.29) is 5.54 Å². The lowest BCUT2D eigenvalue weighted by atomic mass is 9.76. The Hall–Kier alpha value is -0.630. The largest absolute Gasteiger partial charge is 0.331 e. The van der Waals surface area contributed by atoms with Gasteiger partial charge < -0.3 is 5.32 Å². The standard InChI is InChI=1S/C11H17NO/c1-9-7-10(13)11(12-8-9)5-3-2-4-6-11/h7,12H,2-6,8H2,1H3/p+1. The fourth-order valence-corrected chi connectivity index (χ4v) is 2.52. The summed E-state index contributed by atoms with van der Waals surface area (Å²) in [4.78, 5) is 11.9. The van der Waals surface area contributed by atoms with E-state index in [4.69, 9.17) is 0 Å². The lowest BCUT2D eigenvalue weighted by molar-refractivity contribution is -0.710. The molecule has 0 aromatic heterocycles. The van der Waals surface area contributed by atoms with Crippen LogP contribution in [0, 0.1) is 0 Å². The Balaban J connectivity index is 2.18. The predicted molar refractivity (Wildman–Crippen MR) is 51.4 cm³/mol. The van der Waals surface area contributed by atoms with Gasteiger partial charge in [-0.3, -0.25) is 4.79 Å². The van der Waals surface area contributed by atoms with Crippen LogP contribution in [0.15, 0.2) is 11.6 Å². The van der Waals surface area contributed by atoms with E-state index in [2.05, 4.69) is 5.32 Å². The Morgan fingerprint density at radius 2 is 2.00 bits per heavy atom. The van der Waals surface area contributed by atoms with Crippen LogP contribution < -0.4 is 5.32 Å². The number of nitrogens with two attached hydrogens (primary N) is 1. The second-order valence-corrected chi connectivity index (χ2v) is 4.48. The number of hydrogen-bond acceptors (Lipinski definition) is 1. The molecule has 1 saturated carbocycles. The summed E-state index contributed by atoms with van der Waals surface area (Å²) in [5.41, 5.74) is 1.18. The first kappa shape index (κ1) is 8.95.